The molecule has 0 saturated carbocycles. The first-order chi connectivity index (χ1) is 13.8. The summed E-state index contributed by atoms with van der Waals surface area (Å²) in [7, 11) is -3.57. The minimum Gasteiger partial charge on any atom is -0.352 e. The average Bonchev–Trinajstić information content (AvgIpc) is 2.67. The zero-order valence-electron chi connectivity index (χ0n) is 15.6. The summed E-state index contributed by atoms with van der Waals surface area (Å²) in [4.78, 5) is 12.7. The van der Waals surface area contributed by atoms with Crippen LogP contribution in [0.3, 0.4) is 0 Å². The van der Waals surface area contributed by atoms with E-state index < -0.39 is 21.5 Å². The van der Waals surface area contributed by atoms with Gasteiger partial charge < -0.3 is 5.32 Å². The number of nitrogens with zero attached hydrogens (tertiary/aromatic N) is 1. The van der Waals surface area contributed by atoms with Crippen LogP contribution in [0.2, 0.25) is 0 Å². The Balaban J connectivity index is 2.13. The van der Waals surface area contributed by atoms with Crippen LogP contribution in [-0.4, -0.2) is 32.4 Å². The van der Waals surface area contributed by atoms with Crippen molar-refractivity contribution in [3.8, 4) is 6.07 Å². The highest BCUT2D eigenvalue weighted by molar-refractivity contribution is 9.10. The minimum absolute atomic E-state index is 0.0988. The van der Waals surface area contributed by atoms with Crippen LogP contribution >= 0.6 is 31.9 Å². The molecule has 0 fully saturated rings. The van der Waals surface area contributed by atoms with Gasteiger partial charge in [0, 0.05) is 27.5 Å². The Kier molecular flexibility index (Phi) is 9.08. The number of benzene rings is 2. The molecule has 0 unspecified atom stereocenters. The first-order valence-corrected chi connectivity index (χ1v) is 12.3. The van der Waals surface area contributed by atoms with E-state index in [1.165, 1.54) is 0 Å². The number of carbonyl (C=O) groups excluding carboxylic acids is 1. The second kappa shape index (κ2) is 11.3. The zero-order chi connectivity index (χ0) is 21.3. The van der Waals surface area contributed by atoms with E-state index in [0.717, 1.165) is 20.1 Å². The molecule has 8 heteroatoms. The van der Waals surface area contributed by atoms with Crippen molar-refractivity contribution in [2.45, 2.75) is 12.8 Å². The lowest BCUT2D eigenvalue weighted by atomic mass is 10.1. The summed E-state index contributed by atoms with van der Waals surface area (Å²) in [6.07, 6.45) is 2.10. The Morgan fingerprint density at radius 3 is 2.48 bits per heavy atom. The number of halogens is 2. The Hall–Kier alpha value is -1.95. The summed E-state index contributed by atoms with van der Waals surface area (Å²) in [5, 5.41) is 11.5. The van der Waals surface area contributed by atoms with Crippen LogP contribution in [0.1, 0.15) is 17.5 Å². The molecule has 5 nitrogen and oxygen atoms in total. The van der Waals surface area contributed by atoms with Crippen molar-refractivity contribution in [1.82, 2.24) is 5.32 Å². The standard InChI is InChI=1S/C21H20Br2N2O3S/c22-19-7-5-17(6-8-19)13-18(15-29(27,28)12-2-10-24)21(26)25-11-9-16-3-1-4-20(23)14-16/h1,3-8,13-14H,2,9,11-12,15H2,(H,25,26)/b18-13+. The SMILES string of the molecule is N#CCCS(=O)(=O)C/C(=C\c1ccc(Br)cc1)C(=O)NCCc1cccc(Br)c1. The lowest BCUT2D eigenvalue weighted by molar-refractivity contribution is -0.117. The number of sulfone groups is 1. The molecule has 1 N–H and O–H groups in total. The summed E-state index contributed by atoms with van der Waals surface area (Å²) in [6.45, 7) is 0.380. The van der Waals surface area contributed by atoms with Gasteiger partial charge in [-0.2, -0.15) is 5.26 Å². The molecule has 0 radical (unpaired) electrons. The first-order valence-electron chi connectivity index (χ1n) is 8.85. The van der Waals surface area contributed by atoms with E-state index in [4.69, 9.17) is 5.26 Å². The summed E-state index contributed by atoms with van der Waals surface area (Å²) in [6, 6.07) is 16.8. The third-order valence-corrected chi connectivity index (χ3v) is 6.59. The van der Waals surface area contributed by atoms with Crippen molar-refractivity contribution in [1.29, 1.82) is 5.26 Å². The fraction of sp³-hybridized carbons (Fsp3) is 0.238. The van der Waals surface area contributed by atoms with Gasteiger partial charge in [0.05, 0.1) is 17.6 Å². The molecule has 2 aromatic carbocycles. The molecule has 0 aromatic heterocycles. The topological polar surface area (TPSA) is 87.0 Å². The number of amides is 1. The van der Waals surface area contributed by atoms with Gasteiger partial charge in [-0.3, -0.25) is 4.79 Å². The van der Waals surface area contributed by atoms with Crippen molar-refractivity contribution < 1.29 is 13.2 Å². The van der Waals surface area contributed by atoms with Crippen LogP contribution in [0.4, 0.5) is 0 Å². The highest BCUT2D eigenvalue weighted by atomic mass is 79.9. The van der Waals surface area contributed by atoms with Crippen molar-refractivity contribution in [2.75, 3.05) is 18.1 Å². The molecule has 0 saturated heterocycles. The molecule has 0 bridgehead atoms. The highest BCUT2D eigenvalue weighted by Gasteiger charge is 2.19. The Labute approximate surface area is 188 Å². The Morgan fingerprint density at radius 1 is 1.10 bits per heavy atom. The quantitative estimate of drug-likeness (QED) is 0.482. The number of nitriles is 1. The lowest BCUT2D eigenvalue weighted by Crippen LogP contribution is -2.30. The van der Waals surface area contributed by atoms with Crippen molar-refractivity contribution >= 4 is 53.7 Å². The molecule has 0 spiro atoms. The number of rotatable bonds is 9. The molecule has 2 rings (SSSR count). The van der Waals surface area contributed by atoms with Crippen LogP contribution in [0.15, 0.2) is 63.0 Å². The van der Waals surface area contributed by atoms with Gasteiger partial charge >= 0.3 is 0 Å². The monoisotopic (exact) mass is 538 g/mol. The van der Waals surface area contributed by atoms with E-state index in [-0.39, 0.29) is 17.7 Å². The van der Waals surface area contributed by atoms with Crippen LogP contribution in [0.25, 0.3) is 6.08 Å². The number of hydrogen-bond donors (Lipinski definition) is 1. The maximum atomic E-state index is 12.7. The van der Waals surface area contributed by atoms with Crippen LogP contribution in [0, 0.1) is 11.3 Å². The molecule has 29 heavy (non-hydrogen) atoms. The van der Waals surface area contributed by atoms with E-state index in [2.05, 4.69) is 37.2 Å². The van der Waals surface area contributed by atoms with Crippen LogP contribution in [-0.2, 0) is 21.1 Å². The first kappa shape index (κ1) is 23.3. The molecule has 152 valence electrons. The highest BCUT2D eigenvalue weighted by Crippen LogP contribution is 2.15. The third-order valence-electron chi connectivity index (χ3n) is 3.99. The number of carbonyl (C=O) groups is 1. The van der Waals surface area contributed by atoms with Crippen molar-refractivity contribution in [3.63, 3.8) is 0 Å². The third kappa shape index (κ3) is 8.52. The van der Waals surface area contributed by atoms with Gasteiger partial charge in [-0.1, -0.05) is 56.1 Å². The largest absolute Gasteiger partial charge is 0.352 e. The summed E-state index contributed by atoms with van der Waals surface area (Å²) >= 11 is 6.76. The van der Waals surface area contributed by atoms with Crippen molar-refractivity contribution in [2.24, 2.45) is 0 Å². The van der Waals surface area contributed by atoms with E-state index >= 15 is 0 Å². The molecule has 0 aliphatic rings. The van der Waals surface area contributed by atoms with E-state index in [0.29, 0.717) is 13.0 Å². The second-order valence-corrected chi connectivity index (χ2v) is 10.4. The fourth-order valence-electron chi connectivity index (χ4n) is 2.57. The van der Waals surface area contributed by atoms with Gasteiger partial charge in [0.1, 0.15) is 0 Å². The van der Waals surface area contributed by atoms with Crippen molar-refractivity contribution in [3.05, 3.63) is 74.2 Å². The predicted molar refractivity (Wildman–Crippen MR) is 122 cm³/mol. The minimum atomic E-state index is -3.57. The Morgan fingerprint density at radius 2 is 1.83 bits per heavy atom. The molecular formula is C21H20Br2N2O3S. The molecule has 2 aromatic rings. The molecule has 1 amide bonds. The summed E-state index contributed by atoms with van der Waals surface area (Å²) in [5.41, 5.74) is 1.93. The Bertz CT molecular complexity index is 1030. The second-order valence-electron chi connectivity index (χ2n) is 6.36. The number of hydrogen-bond acceptors (Lipinski definition) is 4. The smallest absolute Gasteiger partial charge is 0.248 e. The normalized spacial score (nSPS) is 11.7. The molecular weight excluding hydrogens is 520 g/mol. The molecule has 0 heterocycles. The van der Waals surface area contributed by atoms with Crippen LogP contribution in [0.5, 0.6) is 0 Å². The van der Waals surface area contributed by atoms with Crippen LogP contribution < -0.4 is 5.32 Å². The maximum Gasteiger partial charge on any atom is 0.248 e. The molecule has 0 aliphatic carbocycles. The molecule has 0 atom stereocenters. The summed E-state index contributed by atoms with van der Waals surface area (Å²) < 4.78 is 26.4. The number of nitrogens with one attached hydrogen (secondary N) is 1. The maximum absolute atomic E-state index is 12.7. The van der Waals surface area contributed by atoms with Gasteiger partial charge in [-0.05, 0) is 47.9 Å². The zero-order valence-corrected chi connectivity index (χ0v) is 19.6. The lowest BCUT2D eigenvalue weighted by Gasteiger charge is -2.10. The van der Waals surface area contributed by atoms with Gasteiger partial charge in [-0.15, -0.1) is 0 Å². The molecule has 0 aliphatic heterocycles. The fourth-order valence-corrected chi connectivity index (χ4v) is 4.52. The van der Waals surface area contributed by atoms with Gasteiger partial charge in [0.15, 0.2) is 9.84 Å². The summed E-state index contributed by atoms with van der Waals surface area (Å²) in [5.74, 6) is -1.11. The average molecular weight is 540 g/mol. The van der Waals surface area contributed by atoms with E-state index in [9.17, 15) is 13.2 Å². The predicted octanol–water partition coefficient (Wildman–Crippen LogP) is 4.28. The van der Waals surface area contributed by atoms with E-state index in [1.807, 2.05) is 42.5 Å². The van der Waals surface area contributed by atoms with Gasteiger partial charge in [0.25, 0.3) is 0 Å². The van der Waals surface area contributed by atoms with E-state index in [1.54, 1.807) is 18.2 Å². The van der Waals surface area contributed by atoms with Gasteiger partial charge in [0.2, 0.25) is 5.91 Å². The van der Waals surface area contributed by atoms with Gasteiger partial charge in [-0.25, -0.2) is 8.42 Å².